The van der Waals surface area contributed by atoms with E-state index in [0.29, 0.717) is 22.3 Å². The van der Waals surface area contributed by atoms with Crippen molar-refractivity contribution >= 4 is 44.1 Å². The molecule has 9 heteroatoms. The first-order chi connectivity index (χ1) is 16.4. The summed E-state index contributed by atoms with van der Waals surface area (Å²) in [7, 11) is -2.44. The van der Waals surface area contributed by atoms with Crippen LogP contribution >= 0.6 is 0 Å². The number of sulfone groups is 1. The Bertz CT molecular complexity index is 1670. The number of nitrogen functional groups attached to an aromatic ring is 1. The first kappa shape index (κ1) is 21.6. The average molecular weight is 472 g/mol. The molecule has 5 aromatic rings. The van der Waals surface area contributed by atoms with Gasteiger partial charge in [-0.15, -0.1) is 0 Å². The minimum Gasteiger partial charge on any atom is -0.496 e. The predicted octanol–water partition coefficient (Wildman–Crippen LogP) is 4.20. The lowest BCUT2D eigenvalue weighted by Gasteiger charge is -2.06. The van der Waals surface area contributed by atoms with E-state index < -0.39 is 9.84 Å². The Morgan fingerprint density at radius 2 is 1.59 bits per heavy atom. The molecule has 8 nitrogen and oxygen atoms in total. The van der Waals surface area contributed by atoms with Crippen LogP contribution in [0.4, 0.5) is 5.82 Å². The number of nitrogens with zero attached hydrogens (tertiary/aromatic N) is 4. The van der Waals surface area contributed by atoms with Crippen LogP contribution in [0.25, 0.3) is 22.2 Å². The minimum absolute atomic E-state index is 0.0722. The molecular formula is C25H21N5O3S. The van der Waals surface area contributed by atoms with E-state index in [-0.39, 0.29) is 26.8 Å². The van der Waals surface area contributed by atoms with Gasteiger partial charge in [-0.1, -0.05) is 42.0 Å². The number of nitrogens with two attached hydrogens (primary N) is 1. The number of fused-ring (bicyclic) bond motifs is 2. The van der Waals surface area contributed by atoms with Crippen molar-refractivity contribution in [2.24, 2.45) is 5.10 Å². The average Bonchev–Trinajstić information content (AvgIpc) is 3.12. The number of methoxy groups -OCH3 is 1. The van der Waals surface area contributed by atoms with Crippen LogP contribution in [0.1, 0.15) is 11.1 Å². The van der Waals surface area contributed by atoms with E-state index >= 15 is 0 Å². The third kappa shape index (κ3) is 3.56. The van der Waals surface area contributed by atoms with Gasteiger partial charge in [0.1, 0.15) is 22.0 Å². The molecule has 0 aliphatic rings. The highest BCUT2D eigenvalue weighted by Gasteiger charge is 2.30. The Morgan fingerprint density at radius 3 is 2.29 bits per heavy atom. The Balaban J connectivity index is 1.79. The number of hydrogen-bond acceptors (Lipinski definition) is 7. The van der Waals surface area contributed by atoms with Crippen LogP contribution in [-0.2, 0) is 9.84 Å². The third-order valence-electron chi connectivity index (χ3n) is 5.48. The minimum atomic E-state index is -4.00. The predicted molar refractivity (Wildman–Crippen MR) is 132 cm³/mol. The zero-order valence-corrected chi connectivity index (χ0v) is 19.3. The van der Waals surface area contributed by atoms with Crippen molar-refractivity contribution in [1.29, 1.82) is 0 Å². The summed E-state index contributed by atoms with van der Waals surface area (Å²) in [5.41, 5.74) is 9.63. The first-order valence-electron chi connectivity index (χ1n) is 10.5. The second-order valence-corrected chi connectivity index (χ2v) is 9.60. The number of rotatable bonds is 5. The van der Waals surface area contributed by atoms with E-state index in [4.69, 9.17) is 10.5 Å². The Morgan fingerprint density at radius 1 is 0.941 bits per heavy atom. The Kier molecular flexibility index (Phi) is 5.25. The van der Waals surface area contributed by atoms with Crippen LogP contribution in [0, 0.1) is 6.92 Å². The monoisotopic (exact) mass is 471 g/mol. The number of benzene rings is 3. The summed E-state index contributed by atoms with van der Waals surface area (Å²) in [5, 5.41) is 4.48. The molecule has 170 valence electrons. The molecule has 0 spiro atoms. The molecule has 0 bridgehead atoms. The number of ether oxygens (including phenoxy) is 1. The number of hydrogen-bond donors (Lipinski definition) is 1. The lowest BCUT2D eigenvalue weighted by atomic mass is 10.2. The molecule has 2 heterocycles. The van der Waals surface area contributed by atoms with Gasteiger partial charge in [-0.05, 0) is 43.3 Å². The third-order valence-corrected chi connectivity index (χ3v) is 7.31. The molecule has 5 rings (SSSR count). The summed E-state index contributed by atoms with van der Waals surface area (Å²) in [6, 6.07) is 21.1. The summed E-state index contributed by atoms with van der Waals surface area (Å²) in [5.74, 6) is 0.544. The van der Waals surface area contributed by atoms with E-state index in [9.17, 15) is 8.42 Å². The van der Waals surface area contributed by atoms with Gasteiger partial charge in [-0.2, -0.15) is 9.78 Å². The SMILES string of the molecule is COc1ccccc1C=Nn1c(N)c(S(=O)(=O)c2ccc(C)cc2)c2nc3ccccc3nc21. The quantitative estimate of drug-likeness (QED) is 0.385. The van der Waals surface area contributed by atoms with Crippen LogP contribution in [0.15, 0.2) is 87.7 Å². The fourth-order valence-corrected chi connectivity index (χ4v) is 5.22. The van der Waals surface area contributed by atoms with E-state index in [1.165, 1.54) is 4.68 Å². The van der Waals surface area contributed by atoms with Gasteiger partial charge in [0.15, 0.2) is 5.65 Å². The van der Waals surface area contributed by atoms with Crippen LogP contribution < -0.4 is 10.5 Å². The molecule has 0 fully saturated rings. The van der Waals surface area contributed by atoms with Crippen molar-refractivity contribution < 1.29 is 13.2 Å². The molecule has 0 atom stereocenters. The summed E-state index contributed by atoms with van der Waals surface area (Å²) in [4.78, 5) is 9.26. The van der Waals surface area contributed by atoms with Crippen molar-refractivity contribution in [2.45, 2.75) is 16.7 Å². The highest BCUT2D eigenvalue weighted by molar-refractivity contribution is 7.92. The van der Waals surface area contributed by atoms with Crippen LogP contribution in [0.2, 0.25) is 0 Å². The van der Waals surface area contributed by atoms with E-state index in [1.54, 1.807) is 55.8 Å². The smallest absolute Gasteiger partial charge is 0.212 e. The maximum atomic E-state index is 13.7. The normalized spacial score (nSPS) is 12.1. The summed E-state index contributed by atoms with van der Waals surface area (Å²) in [6.45, 7) is 1.89. The number of aromatic nitrogens is 3. The highest BCUT2D eigenvalue weighted by Crippen LogP contribution is 2.35. The van der Waals surface area contributed by atoms with Crippen molar-refractivity contribution in [3.8, 4) is 5.75 Å². The zero-order valence-electron chi connectivity index (χ0n) is 18.5. The van der Waals surface area contributed by atoms with E-state index in [2.05, 4.69) is 15.1 Å². The standard InChI is InChI=1S/C25H21N5O3S/c1-16-11-13-18(14-12-16)34(31,32)23-22-25(29-20-9-5-4-8-19(20)28-22)30(24(23)26)27-15-17-7-3-6-10-21(17)33-2/h3-15H,26H2,1-2H3. The molecule has 0 saturated carbocycles. The maximum Gasteiger partial charge on any atom is 0.212 e. The molecule has 34 heavy (non-hydrogen) atoms. The zero-order chi connectivity index (χ0) is 23.9. The summed E-state index contributed by atoms with van der Waals surface area (Å²) >= 11 is 0. The van der Waals surface area contributed by atoms with E-state index in [0.717, 1.165) is 5.56 Å². The summed E-state index contributed by atoms with van der Waals surface area (Å²) in [6.07, 6.45) is 1.55. The molecule has 2 aromatic heterocycles. The number of aryl methyl sites for hydroxylation is 1. The van der Waals surface area contributed by atoms with Gasteiger partial charge in [0.05, 0.1) is 29.3 Å². The van der Waals surface area contributed by atoms with Crippen LogP contribution in [0.3, 0.4) is 0 Å². The topological polar surface area (TPSA) is 112 Å². The molecule has 3 aromatic carbocycles. The number of para-hydroxylation sites is 3. The van der Waals surface area contributed by atoms with Gasteiger partial charge in [-0.25, -0.2) is 18.4 Å². The molecular weight excluding hydrogens is 450 g/mol. The van der Waals surface area contributed by atoms with Crippen molar-refractivity contribution in [3.05, 3.63) is 83.9 Å². The lowest BCUT2D eigenvalue weighted by Crippen LogP contribution is -2.06. The fourth-order valence-electron chi connectivity index (χ4n) is 3.73. The van der Waals surface area contributed by atoms with Crippen molar-refractivity contribution in [1.82, 2.24) is 14.6 Å². The second-order valence-electron chi connectivity index (χ2n) is 7.71. The Hall–Kier alpha value is -4.24. The fraction of sp³-hybridized carbons (Fsp3) is 0.0800. The molecule has 0 aliphatic carbocycles. The molecule has 0 radical (unpaired) electrons. The lowest BCUT2D eigenvalue weighted by molar-refractivity contribution is 0.414. The van der Waals surface area contributed by atoms with Gasteiger partial charge >= 0.3 is 0 Å². The van der Waals surface area contributed by atoms with Gasteiger partial charge in [0, 0.05) is 5.56 Å². The maximum absolute atomic E-state index is 13.7. The van der Waals surface area contributed by atoms with Crippen molar-refractivity contribution in [3.63, 3.8) is 0 Å². The van der Waals surface area contributed by atoms with Crippen molar-refractivity contribution in [2.75, 3.05) is 12.8 Å². The highest BCUT2D eigenvalue weighted by atomic mass is 32.2. The van der Waals surface area contributed by atoms with E-state index in [1.807, 2.05) is 37.3 Å². The van der Waals surface area contributed by atoms with Gasteiger partial charge in [0.25, 0.3) is 0 Å². The molecule has 0 amide bonds. The van der Waals surface area contributed by atoms with Gasteiger partial charge in [0.2, 0.25) is 9.84 Å². The largest absolute Gasteiger partial charge is 0.496 e. The van der Waals surface area contributed by atoms with Gasteiger partial charge < -0.3 is 10.5 Å². The molecule has 0 saturated heterocycles. The number of anilines is 1. The van der Waals surface area contributed by atoms with Crippen LogP contribution in [0.5, 0.6) is 5.75 Å². The van der Waals surface area contributed by atoms with Crippen LogP contribution in [-0.4, -0.2) is 36.4 Å². The summed E-state index contributed by atoms with van der Waals surface area (Å²) < 4.78 is 34.0. The molecule has 0 unspecified atom stereocenters. The first-order valence-corrected chi connectivity index (χ1v) is 11.9. The molecule has 0 aliphatic heterocycles. The molecule has 2 N–H and O–H groups in total. The van der Waals surface area contributed by atoms with Gasteiger partial charge in [-0.3, -0.25) is 0 Å². The Labute approximate surface area is 196 Å². The second kappa shape index (κ2) is 8.27.